The number of hydrogen-bond acceptors (Lipinski definition) is 0. The van der Waals surface area contributed by atoms with Crippen molar-refractivity contribution in [3.05, 3.63) is 0 Å². The van der Waals surface area contributed by atoms with Gasteiger partial charge in [0.15, 0.2) is 0 Å². The third-order valence-electron chi connectivity index (χ3n) is 0.405. The predicted octanol–water partition coefficient (Wildman–Crippen LogP) is 1.62. The maximum atomic E-state index is 11.1. The van der Waals surface area contributed by atoms with Crippen LogP contribution in [0.2, 0.25) is 6.04 Å². The highest BCUT2D eigenvalue weighted by Gasteiger charge is 1.83. The van der Waals surface area contributed by atoms with Gasteiger partial charge >= 0.3 is 0 Å². The van der Waals surface area contributed by atoms with E-state index in [4.69, 9.17) is 11.6 Å². The van der Waals surface area contributed by atoms with Gasteiger partial charge in [-0.25, -0.2) is 0 Å². The van der Waals surface area contributed by atoms with E-state index in [0.29, 0.717) is 11.9 Å². The lowest BCUT2D eigenvalue weighted by Gasteiger charge is -1.80. The van der Waals surface area contributed by atoms with E-state index in [1.165, 1.54) is 0 Å². The Balaban J connectivity index is 2.34. The number of hydrogen-bond donors (Lipinski definition) is 0. The van der Waals surface area contributed by atoms with Gasteiger partial charge in [0.25, 0.3) is 9.85 Å². The average Bonchev–Trinajstić information content (AvgIpc) is 1.61. The molecular formula is C3H6ClFSi. The van der Waals surface area contributed by atoms with E-state index in [2.05, 4.69) is 0 Å². The Labute approximate surface area is 44.7 Å². The fourth-order valence-electron chi connectivity index (χ4n) is 0.134. The summed E-state index contributed by atoms with van der Waals surface area (Å²) in [6.45, 7) is 0. The molecule has 0 atom stereocenters. The fraction of sp³-hybridized carbons (Fsp3) is 1.00. The molecule has 0 heterocycles. The molecule has 0 bridgehead atoms. The Morgan fingerprint density at radius 2 is 2.33 bits per heavy atom. The van der Waals surface area contributed by atoms with E-state index in [1.54, 1.807) is 0 Å². The van der Waals surface area contributed by atoms with Gasteiger partial charge in [0, 0.05) is 5.88 Å². The molecule has 0 spiro atoms. The average molecular weight is 125 g/mol. The summed E-state index contributed by atoms with van der Waals surface area (Å²) in [5, 5.41) is 0. The normalized spacial score (nSPS) is 9.00. The van der Waals surface area contributed by atoms with Crippen molar-refractivity contribution in [1.29, 1.82) is 0 Å². The second-order valence-electron chi connectivity index (χ2n) is 0.926. The van der Waals surface area contributed by atoms with Crippen molar-refractivity contribution >= 4 is 21.5 Å². The van der Waals surface area contributed by atoms with Gasteiger partial charge in [-0.1, -0.05) is 0 Å². The van der Waals surface area contributed by atoms with E-state index in [-0.39, 0.29) is 0 Å². The van der Waals surface area contributed by atoms with Crippen LogP contribution in [0.15, 0.2) is 0 Å². The van der Waals surface area contributed by atoms with Gasteiger partial charge in [-0.05, 0) is 12.5 Å². The first-order valence-corrected chi connectivity index (χ1v) is 3.43. The molecule has 0 aliphatic carbocycles. The molecule has 0 aliphatic rings. The molecule has 0 nitrogen and oxygen atoms in total. The highest BCUT2D eigenvalue weighted by atomic mass is 35.5. The number of rotatable bonds is 3. The van der Waals surface area contributed by atoms with Gasteiger partial charge in [0.05, 0.1) is 0 Å². The highest BCUT2D eigenvalue weighted by molar-refractivity contribution is 6.26. The molecule has 36 valence electrons. The standard InChI is InChI=1S/C3H6ClFSi/c4-2-1-3-6-5/h1-3H2. The Morgan fingerprint density at radius 3 is 2.50 bits per heavy atom. The van der Waals surface area contributed by atoms with E-state index < -0.39 is 9.85 Å². The van der Waals surface area contributed by atoms with Crippen LogP contribution >= 0.6 is 11.6 Å². The first-order chi connectivity index (χ1) is 2.91. The largest absolute Gasteiger partial charge is 0.315 e. The third-order valence-corrected chi connectivity index (χ3v) is 1.21. The maximum Gasteiger partial charge on any atom is 0.294 e. The lowest BCUT2D eigenvalue weighted by Crippen LogP contribution is -1.78. The van der Waals surface area contributed by atoms with E-state index in [1.807, 2.05) is 0 Å². The number of alkyl halides is 1. The quantitative estimate of drug-likeness (QED) is 0.232. The summed E-state index contributed by atoms with van der Waals surface area (Å²) in [7, 11) is -0.420. The molecule has 2 radical (unpaired) electrons. The zero-order valence-electron chi connectivity index (χ0n) is 3.38. The Bertz CT molecular complexity index is 22.8. The van der Waals surface area contributed by atoms with Gasteiger partial charge in [0.1, 0.15) is 0 Å². The lowest BCUT2D eigenvalue weighted by molar-refractivity contribution is 0.846. The van der Waals surface area contributed by atoms with Crippen LogP contribution in [0.5, 0.6) is 0 Å². The molecule has 0 fully saturated rings. The van der Waals surface area contributed by atoms with Crippen molar-refractivity contribution in [2.24, 2.45) is 0 Å². The molecule has 0 rings (SSSR count). The van der Waals surface area contributed by atoms with Gasteiger partial charge in [-0.3, -0.25) is 0 Å². The van der Waals surface area contributed by atoms with Gasteiger partial charge < -0.3 is 4.11 Å². The lowest BCUT2D eigenvalue weighted by atomic mass is 10.6. The number of halogens is 2. The molecule has 0 aromatic carbocycles. The van der Waals surface area contributed by atoms with Crippen molar-refractivity contribution in [2.45, 2.75) is 12.5 Å². The van der Waals surface area contributed by atoms with E-state index >= 15 is 0 Å². The molecule has 0 N–H and O–H groups in total. The van der Waals surface area contributed by atoms with Crippen molar-refractivity contribution in [3.8, 4) is 0 Å². The van der Waals surface area contributed by atoms with E-state index in [9.17, 15) is 4.11 Å². The minimum absolute atomic E-state index is 0.420. The van der Waals surface area contributed by atoms with Gasteiger partial charge in [0.2, 0.25) is 0 Å². The summed E-state index contributed by atoms with van der Waals surface area (Å²) in [6.07, 6.45) is 0.816. The van der Waals surface area contributed by atoms with Crippen molar-refractivity contribution in [2.75, 3.05) is 5.88 Å². The van der Waals surface area contributed by atoms with Crippen LogP contribution in [-0.2, 0) is 0 Å². The molecule has 0 aliphatic heterocycles. The molecule has 0 saturated carbocycles. The molecule has 0 saturated heterocycles. The Kier molecular flexibility index (Phi) is 5.83. The van der Waals surface area contributed by atoms with Crippen molar-refractivity contribution in [1.82, 2.24) is 0 Å². The minimum atomic E-state index is -0.420. The molecule has 0 amide bonds. The monoisotopic (exact) mass is 124 g/mol. The van der Waals surface area contributed by atoms with Gasteiger partial charge in [-0.2, -0.15) is 0 Å². The van der Waals surface area contributed by atoms with Crippen LogP contribution in [0, 0.1) is 0 Å². The first-order valence-electron chi connectivity index (χ1n) is 1.81. The van der Waals surface area contributed by atoms with Crippen LogP contribution in [0.4, 0.5) is 4.11 Å². The maximum absolute atomic E-state index is 11.1. The van der Waals surface area contributed by atoms with Gasteiger partial charge in [-0.15, -0.1) is 11.6 Å². The fourth-order valence-corrected chi connectivity index (χ4v) is 0.802. The van der Waals surface area contributed by atoms with Crippen molar-refractivity contribution < 1.29 is 4.11 Å². The summed E-state index contributed by atoms with van der Waals surface area (Å²) in [5.74, 6) is 0.594. The van der Waals surface area contributed by atoms with Crippen LogP contribution in [0.3, 0.4) is 0 Å². The zero-order valence-corrected chi connectivity index (χ0v) is 5.13. The Morgan fingerprint density at radius 1 is 1.67 bits per heavy atom. The third kappa shape index (κ3) is 4.44. The summed E-state index contributed by atoms with van der Waals surface area (Å²) >= 11 is 5.22. The second-order valence-corrected chi connectivity index (χ2v) is 2.07. The molecular weight excluding hydrogens is 119 g/mol. The molecule has 0 aromatic heterocycles. The van der Waals surface area contributed by atoms with Crippen LogP contribution < -0.4 is 0 Å². The molecule has 3 heteroatoms. The highest BCUT2D eigenvalue weighted by Crippen LogP contribution is 1.89. The zero-order chi connectivity index (χ0) is 4.83. The summed E-state index contributed by atoms with van der Waals surface area (Å²) < 4.78 is 11.1. The summed E-state index contributed by atoms with van der Waals surface area (Å²) in [4.78, 5) is 0. The van der Waals surface area contributed by atoms with Crippen molar-refractivity contribution in [3.63, 3.8) is 0 Å². The van der Waals surface area contributed by atoms with E-state index in [0.717, 1.165) is 6.42 Å². The van der Waals surface area contributed by atoms with Crippen LogP contribution in [0.25, 0.3) is 0 Å². The minimum Gasteiger partial charge on any atom is -0.315 e. The topological polar surface area (TPSA) is 0 Å². The predicted molar refractivity (Wildman–Crippen MR) is 27.0 cm³/mol. The molecule has 0 unspecified atom stereocenters. The Hall–Kier alpha value is 0.437. The van der Waals surface area contributed by atoms with Crippen LogP contribution in [-0.4, -0.2) is 15.7 Å². The summed E-state index contributed by atoms with van der Waals surface area (Å²) in [5.41, 5.74) is 0. The SMILES string of the molecule is F[Si]CCCCl. The smallest absolute Gasteiger partial charge is 0.294 e. The summed E-state index contributed by atoms with van der Waals surface area (Å²) in [6, 6.07) is 0.642. The van der Waals surface area contributed by atoms with Crippen LogP contribution in [0.1, 0.15) is 6.42 Å². The second kappa shape index (κ2) is 5.44. The molecule has 6 heavy (non-hydrogen) atoms. The first kappa shape index (κ1) is 6.44. The molecule has 0 aromatic rings.